The Morgan fingerprint density at radius 3 is 2.57 bits per heavy atom. The van der Waals surface area contributed by atoms with Crippen LogP contribution in [-0.2, 0) is 30.2 Å². The van der Waals surface area contributed by atoms with Crippen molar-refractivity contribution in [3.05, 3.63) is 56.8 Å². The number of Topliss-reactive ketones (excluding diaryl/α,β-unsaturated/α-hetero) is 1. The van der Waals surface area contributed by atoms with Crippen LogP contribution in [0.3, 0.4) is 0 Å². The molecule has 15 heteroatoms. The van der Waals surface area contributed by atoms with E-state index >= 15 is 0 Å². The van der Waals surface area contributed by atoms with Crippen LogP contribution in [0.2, 0.25) is 0 Å². The number of fused-ring (bicyclic) bond motifs is 3. The lowest BCUT2D eigenvalue weighted by atomic mass is 9.72. The molecule has 46 heavy (non-hydrogen) atoms. The standard InChI is InChI=1S/C31H36N2O13/c1-13-26(36)17(33(42)6-7-44-21(11-33)43-2)8-20(45-13)46-18-10-31(41,19(35)12-34)9-15-23(18)30(40)25-24(28(15)38)27(37)14-4-3-5-16(32)22(14)29(25)39/h3-5,13,17-18,20-21,26,34,36,38,40-41H,6-12,32H2,1-2H3/t13-,17-,18-,20-,21-,26+,31-,33?/m0/s1. The Morgan fingerprint density at radius 2 is 1.87 bits per heavy atom. The Balaban J connectivity index is 1.43. The highest BCUT2D eigenvalue weighted by molar-refractivity contribution is 6.32. The molecule has 7 N–H and O–H groups in total. The molecule has 15 nitrogen and oxygen atoms in total. The second-order valence-electron chi connectivity index (χ2n) is 12.3. The first kappa shape index (κ1) is 32.4. The van der Waals surface area contributed by atoms with Gasteiger partial charge in [-0.1, -0.05) is 12.1 Å². The van der Waals surface area contributed by atoms with E-state index in [2.05, 4.69) is 0 Å². The number of quaternary nitrogens is 1. The summed E-state index contributed by atoms with van der Waals surface area (Å²) >= 11 is 0. The summed E-state index contributed by atoms with van der Waals surface area (Å²) in [5.74, 6) is -4.12. The van der Waals surface area contributed by atoms with Gasteiger partial charge in [0.25, 0.3) is 0 Å². The number of carbonyl (C=O) groups excluding carboxylic acids is 3. The number of benzene rings is 2. The number of nitrogen functional groups attached to an aromatic ring is 1. The molecule has 2 saturated heterocycles. The minimum absolute atomic E-state index is 0.0135. The molecule has 2 aliphatic carbocycles. The van der Waals surface area contributed by atoms with Crippen molar-refractivity contribution in [3.63, 3.8) is 0 Å². The number of aliphatic hydroxyl groups excluding tert-OH is 2. The predicted molar refractivity (Wildman–Crippen MR) is 156 cm³/mol. The number of hydrogen-bond donors (Lipinski definition) is 6. The van der Waals surface area contributed by atoms with E-state index in [0.717, 1.165) is 0 Å². The van der Waals surface area contributed by atoms with E-state index < -0.39 is 107 Å². The summed E-state index contributed by atoms with van der Waals surface area (Å²) in [4.78, 5) is 40.1. The first-order chi connectivity index (χ1) is 21.7. The van der Waals surface area contributed by atoms with Crippen molar-refractivity contribution in [2.24, 2.45) is 0 Å². The third-order valence-corrected chi connectivity index (χ3v) is 9.68. The van der Waals surface area contributed by atoms with Gasteiger partial charge in [0.05, 0.1) is 41.9 Å². The molecule has 0 bridgehead atoms. The zero-order chi connectivity index (χ0) is 33.3. The number of morpholine rings is 1. The maximum atomic E-state index is 14.0. The molecule has 1 unspecified atom stereocenters. The highest BCUT2D eigenvalue weighted by atomic mass is 16.7. The minimum atomic E-state index is -2.32. The molecule has 6 rings (SSSR count). The molecule has 2 heterocycles. The molecule has 248 valence electrons. The predicted octanol–water partition coefficient (Wildman–Crippen LogP) is -0.0665. The van der Waals surface area contributed by atoms with Crippen LogP contribution in [-0.4, -0.2) is 117 Å². The number of rotatable bonds is 6. The summed E-state index contributed by atoms with van der Waals surface area (Å²) in [5.41, 5.74) is 1.97. The summed E-state index contributed by atoms with van der Waals surface area (Å²) in [5, 5.41) is 69.2. The molecule has 2 aliphatic heterocycles. The first-order valence-corrected chi connectivity index (χ1v) is 14.9. The third kappa shape index (κ3) is 4.99. The Bertz CT molecular complexity index is 1610. The first-order valence-electron chi connectivity index (χ1n) is 14.9. The lowest BCUT2D eigenvalue weighted by molar-refractivity contribution is -0.926. The van der Waals surface area contributed by atoms with Gasteiger partial charge in [0.15, 0.2) is 23.6 Å². The summed E-state index contributed by atoms with van der Waals surface area (Å²) in [7, 11) is 1.40. The van der Waals surface area contributed by atoms with Crippen molar-refractivity contribution in [1.29, 1.82) is 0 Å². The molecule has 2 aromatic rings. The molecular formula is C31H36N2O13. The summed E-state index contributed by atoms with van der Waals surface area (Å²) in [6.07, 6.45) is -6.96. The van der Waals surface area contributed by atoms with Gasteiger partial charge in [0.2, 0.25) is 6.29 Å². The van der Waals surface area contributed by atoms with Crippen molar-refractivity contribution >= 4 is 23.0 Å². The fraction of sp³-hybridized carbons (Fsp3) is 0.516. The van der Waals surface area contributed by atoms with Gasteiger partial charge in [-0.25, -0.2) is 0 Å². The number of anilines is 1. The fourth-order valence-electron chi connectivity index (χ4n) is 7.23. The number of phenolic OH excluding ortho intramolecular Hbond substituents is 2. The van der Waals surface area contributed by atoms with Gasteiger partial charge in [-0.15, -0.1) is 0 Å². The van der Waals surface area contributed by atoms with E-state index in [1.807, 2.05) is 0 Å². The fourth-order valence-corrected chi connectivity index (χ4v) is 7.23. The van der Waals surface area contributed by atoms with Gasteiger partial charge in [-0.3, -0.25) is 14.4 Å². The quantitative estimate of drug-likeness (QED) is 0.0892. The van der Waals surface area contributed by atoms with Crippen molar-refractivity contribution < 1.29 is 63.5 Å². The summed E-state index contributed by atoms with van der Waals surface area (Å²) in [6.45, 7) is 0.455. The topological polar surface area (TPSA) is 238 Å². The third-order valence-electron chi connectivity index (χ3n) is 9.68. The number of ether oxygens (including phenoxy) is 4. The Hall–Kier alpha value is -3.51. The number of aromatic hydroxyl groups is 2. The van der Waals surface area contributed by atoms with Crippen LogP contribution in [0.5, 0.6) is 11.5 Å². The minimum Gasteiger partial charge on any atom is -0.632 e. The number of ketones is 3. The van der Waals surface area contributed by atoms with E-state index in [9.17, 15) is 45.1 Å². The number of carbonyl (C=O) groups is 3. The average molecular weight is 645 g/mol. The van der Waals surface area contributed by atoms with Crippen molar-refractivity contribution in [2.45, 2.75) is 68.7 Å². The Morgan fingerprint density at radius 1 is 1.15 bits per heavy atom. The molecule has 0 saturated carbocycles. The smallest absolute Gasteiger partial charge is 0.207 e. The number of methoxy groups -OCH3 is 1. The maximum absolute atomic E-state index is 14.0. The molecule has 2 fully saturated rings. The number of hydroxylamine groups is 3. The van der Waals surface area contributed by atoms with Crippen LogP contribution in [0.1, 0.15) is 68.8 Å². The maximum Gasteiger partial charge on any atom is 0.207 e. The number of hydrogen-bond acceptors (Lipinski definition) is 14. The van der Waals surface area contributed by atoms with Gasteiger partial charge in [0.1, 0.15) is 48.9 Å². The molecule has 0 spiro atoms. The van der Waals surface area contributed by atoms with E-state index in [4.69, 9.17) is 24.7 Å². The Kier molecular flexibility index (Phi) is 8.20. The molecular weight excluding hydrogens is 608 g/mol. The lowest BCUT2D eigenvalue weighted by Crippen LogP contribution is -2.67. The monoisotopic (exact) mass is 644 g/mol. The van der Waals surface area contributed by atoms with Crippen LogP contribution in [0.25, 0.3) is 0 Å². The largest absolute Gasteiger partial charge is 0.632 e. The van der Waals surface area contributed by atoms with Gasteiger partial charge in [-0.2, -0.15) is 0 Å². The number of nitrogens with zero attached hydrogens (tertiary/aromatic N) is 1. The van der Waals surface area contributed by atoms with Gasteiger partial charge in [-0.05, 0) is 13.0 Å². The zero-order valence-corrected chi connectivity index (χ0v) is 25.2. The summed E-state index contributed by atoms with van der Waals surface area (Å²) in [6, 6.07) is 3.25. The lowest BCUT2D eigenvalue weighted by Gasteiger charge is -2.56. The van der Waals surface area contributed by atoms with E-state index in [0.29, 0.717) is 0 Å². The average Bonchev–Trinajstić information content (AvgIpc) is 3.02. The van der Waals surface area contributed by atoms with E-state index in [1.165, 1.54) is 25.3 Å². The Labute approximate surface area is 262 Å². The molecule has 0 aromatic heterocycles. The van der Waals surface area contributed by atoms with Crippen LogP contribution >= 0.6 is 0 Å². The van der Waals surface area contributed by atoms with E-state index in [1.54, 1.807) is 6.92 Å². The molecule has 0 amide bonds. The van der Waals surface area contributed by atoms with Crippen LogP contribution in [0.15, 0.2) is 18.2 Å². The van der Waals surface area contributed by atoms with Crippen LogP contribution < -0.4 is 5.73 Å². The van der Waals surface area contributed by atoms with Gasteiger partial charge >= 0.3 is 0 Å². The normalized spacial score (nSPS) is 34.0. The van der Waals surface area contributed by atoms with Crippen molar-refractivity contribution in [2.75, 3.05) is 39.1 Å². The SMILES string of the molecule is CO[C@@H]1C[N+]([O-])([C@H]2C[C@H](O[C@H]3C[C@](O)(C(=O)CO)Cc4c(O)c5c(c(O)c43)C(=O)c3c(N)cccc3C5=O)O[C@@H](C)[C@H]2O)CCO1. The van der Waals surface area contributed by atoms with Crippen LogP contribution in [0, 0.1) is 5.21 Å². The second kappa shape index (κ2) is 11.6. The molecule has 2 aromatic carbocycles. The number of aliphatic hydroxyl groups is 3. The van der Waals surface area contributed by atoms with Crippen molar-refractivity contribution in [1.82, 2.24) is 0 Å². The summed E-state index contributed by atoms with van der Waals surface area (Å²) < 4.78 is 21.9. The number of phenols is 2. The van der Waals surface area contributed by atoms with Gasteiger partial charge < -0.3 is 60.1 Å². The number of nitrogens with two attached hydrogens (primary N) is 1. The molecule has 4 aliphatic rings. The van der Waals surface area contributed by atoms with E-state index in [-0.39, 0.29) is 54.1 Å². The van der Waals surface area contributed by atoms with Gasteiger partial charge in [0, 0.05) is 42.3 Å². The molecule has 0 radical (unpaired) electrons. The van der Waals surface area contributed by atoms with Crippen molar-refractivity contribution in [3.8, 4) is 11.5 Å². The van der Waals surface area contributed by atoms with Crippen LogP contribution in [0.4, 0.5) is 5.69 Å². The zero-order valence-electron chi connectivity index (χ0n) is 25.2. The second-order valence-corrected chi connectivity index (χ2v) is 12.3. The highest BCUT2D eigenvalue weighted by Gasteiger charge is 2.52. The highest BCUT2D eigenvalue weighted by Crippen LogP contribution is 2.52. The molecule has 8 atom stereocenters.